The maximum Gasteiger partial charge on any atom is 0.119 e. The van der Waals surface area contributed by atoms with Crippen LogP contribution in [0.5, 0.6) is 5.75 Å². The minimum atomic E-state index is 0.404. The van der Waals surface area contributed by atoms with Gasteiger partial charge in [0.25, 0.3) is 0 Å². The SMILES string of the molecule is CSc1ccc(OCCNCCC(C)(C)C)cc1. The van der Waals surface area contributed by atoms with E-state index in [0.29, 0.717) is 5.41 Å². The molecule has 0 aliphatic rings. The number of hydrogen-bond acceptors (Lipinski definition) is 3. The molecule has 0 saturated carbocycles. The number of nitrogens with one attached hydrogen (secondary N) is 1. The molecule has 2 nitrogen and oxygen atoms in total. The van der Waals surface area contributed by atoms with Gasteiger partial charge in [-0.1, -0.05) is 20.8 Å². The van der Waals surface area contributed by atoms with Gasteiger partial charge in [-0.2, -0.15) is 0 Å². The minimum Gasteiger partial charge on any atom is -0.492 e. The quantitative estimate of drug-likeness (QED) is 0.599. The van der Waals surface area contributed by atoms with Crippen LogP contribution in [-0.4, -0.2) is 26.0 Å². The third kappa shape index (κ3) is 6.92. The Morgan fingerprint density at radius 2 is 1.78 bits per heavy atom. The Morgan fingerprint density at radius 3 is 2.33 bits per heavy atom. The van der Waals surface area contributed by atoms with Crippen molar-refractivity contribution in [1.29, 1.82) is 0 Å². The van der Waals surface area contributed by atoms with Gasteiger partial charge in [-0.15, -0.1) is 11.8 Å². The second kappa shape index (κ2) is 7.70. The second-order valence-corrected chi connectivity index (χ2v) is 6.46. The molecule has 1 N–H and O–H groups in total. The first-order valence-corrected chi connectivity index (χ1v) is 7.71. The molecular weight excluding hydrogens is 242 g/mol. The molecule has 1 aromatic rings. The van der Waals surface area contributed by atoms with Gasteiger partial charge in [0.1, 0.15) is 12.4 Å². The molecule has 0 saturated heterocycles. The lowest BCUT2D eigenvalue weighted by molar-refractivity contribution is 0.304. The fourth-order valence-corrected chi connectivity index (χ4v) is 1.91. The van der Waals surface area contributed by atoms with Crippen molar-refractivity contribution >= 4 is 11.8 Å². The van der Waals surface area contributed by atoms with Crippen molar-refractivity contribution in [3.8, 4) is 5.75 Å². The predicted molar refractivity (Wildman–Crippen MR) is 80.7 cm³/mol. The molecule has 0 radical (unpaired) electrons. The number of benzene rings is 1. The largest absolute Gasteiger partial charge is 0.492 e. The van der Waals surface area contributed by atoms with E-state index >= 15 is 0 Å². The van der Waals surface area contributed by atoms with Gasteiger partial charge in [-0.05, 0) is 48.9 Å². The van der Waals surface area contributed by atoms with E-state index < -0.39 is 0 Å². The fraction of sp³-hybridized carbons (Fsp3) is 0.600. The summed E-state index contributed by atoms with van der Waals surface area (Å²) in [6.45, 7) is 9.47. The lowest BCUT2D eigenvalue weighted by Crippen LogP contribution is -2.25. The third-order valence-electron chi connectivity index (χ3n) is 2.66. The number of rotatable bonds is 7. The molecule has 0 atom stereocenters. The van der Waals surface area contributed by atoms with Crippen molar-refractivity contribution in [2.75, 3.05) is 26.0 Å². The third-order valence-corrected chi connectivity index (χ3v) is 3.40. The van der Waals surface area contributed by atoms with Crippen LogP contribution in [0, 0.1) is 5.41 Å². The van der Waals surface area contributed by atoms with Gasteiger partial charge in [0.05, 0.1) is 0 Å². The van der Waals surface area contributed by atoms with Crippen LogP contribution in [0.1, 0.15) is 27.2 Å². The molecule has 18 heavy (non-hydrogen) atoms. The molecule has 0 spiro atoms. The summed E-state index contributed by atoms with van der Waals surface area (Å²) in [5, 5.41) is 3.41. The highest BCUT2D eigenvalue weighted by molar-refractivity contribution is 7.98. The monoisotopic (exact) mass is 267 g/mol. The average molecular weight is 267 g/mol. The zero-order chi connectivity index (χ0) is 13.4. The molecule has 0 aromatic heterocycles. The van der Waals surface area contributed by atoms with Crippen LogP contribution >= 0.6 is 11.8 Å². The fourth-order valence-electron chi connectivity index (χ4n) is 1.50. The summed E-state index contributed by atoms with van der Waals surface area (Å²) >= 11 is 1.75. The molecule has 1 rings (SSSR count). The highest BCUT2D eigenvalue weighted by atomic mass is 32.2. The molecule has 3 heteroatoms. The summed E-state index contributed by atoms with van der Waals surface area (Å²) in [5.41, 5.74) is 0.404. The van der Waals surface area contributed by atoms with E-state index in [1.54, 1.807) is 11.8 Å². The first-order chi connectivity index (χ1) is 8.51. The van der Waals surface area contributed by atoms with Crippen LogP contribution in [-0.2, 0) is 0 Å². The molecule has 1 aromatic carbocycles. The van der Waals surface area contributed by atoms with Crippen molar-refractivity contribution in [3.63, 3.8) is 0 Å². The lowest BCUT2D eigenvalue weighted by atomic mass is 9.92. The van der Waals surface area contributed by atoms with E-state index in [1.807, 2.05) is 12.1 Å². The summed E-state index contributed by atoms with van der Waals surface area (Å²) in [5.74, 6) is 0.949. The van der Waals surface area contributed by atoms with Gasteiger partial charge in [-0.3, -0.25) is 0 Å². The van der Waals surface area contributed by atoms with Crippen LogP contribution in [0.15, 0.2) is 29.2 Å². The zero-order valence-electron chi connectivity index (χ0n) is 12.0. The van der Waals surface area contributed by atoms with Crippen molar-refractivity contribution < 1.29 is 4.74 Å². The Labute approximate surface area is 116 Å². The van der Waals surface area contributed by atoms with E-state index in [-0.39, 0.29) is 0 Å². The molecule has 102 valence electrons. The highest BCUT2D eigenvalue weighted by Crippen LogP contribution is 2.19. The number of hydrogen-bond donors (Lipinski definition) is 1. The molecular formula is C15H25NOS. The smallest absolute Gasteiger partial charge is 0.119 e. The van der Waals surface area contributed by atoms with Crippen LogP contribution < -0.4 is 10.1 Å². The normalized spacial score (nSPS) is 11.6. The van der Waals surface area contributed by atoms with E-state index in [0.717, 1.165) is 25.4 Å². The summed E-state index contributed by atoms with van der Waals surface area (Å²) in [4.78, 5) is 1.27. The lowest BCUT2D eigenvalue weighted by Gasteiger charge is -2.18. The van der Waals surface area contributed by atoms with Crippen molar-refractivity contribution in [3.05, 3.63) is 24.3 Å². The molecule has 0 unspecified atom stereocenters. The van der Waals surface area contributed by atoms with Gasteiger partial charge in [0, 0.05) is 11.4 Å². The topological polar surface area (TPSA) is 21.3 Å². The maximum absolute atomic E-state index is 5.67. The highest BCUT2D eigenvalue weighted by Gasteiger charge is 2.08. The molecule has 0 amide bonds. The Morgan fingerprint density at radius 1 is 1.11 bits per heavy atom. The van der Waals surface area contributed by atoms with Crippen LogP contribution in [0.4, 0.5) is 0 Å². The van der Waals surface area contributed by atoms with E-state index in [9.17, 15) is 0 Å². The van der Waals surface area contributed by atoms with E-state index in [1.165, 1.54) is 11.3 Å². The first kappa shape index (κ1) is 15.4. The van der Waals surface area contributed by atoms with Crippen LogP contribution in [0.25, 0.3) is 0 Å². The van der Waals surface area contributed by atoms with Crippen molar-refractivity contribution in [2.24, 2.45) is 5.41 Å². The van der Waals surface area contributed by atoms with E-state index in [2.05, 4.69) is 44.5 Å². The Hall–Kier alpha value is -0.670. The van der Waals surface area contributed by atoms with Gasteiger partial charge in [0.15, 0.2) is 0 Å². The molecule has 0 aliphatic heterocycles. The van der Waals surface area contributed by atoms with Gasteiger partial charge in [0.2, 0.25) is 0 Å². The minimum absolute atomic E-state index is 0.404. The molecule has 0 heterocycles. The van der Waals surface area contributed by atoms with Crippen molar-refractivity contribution in [1.82, 2.24) is 5.32 Å². The standard InChI is InChI=1S/C15H25NOS/c1-15(2,3)9-10-16-11-12-17-13-5-7-14(18-4)8-6-13/h5-8,16H,9-12H2,1-4H3. The summed E-state index contributed by atoms with van der Waals surface area (Å²) in [7, 11) is 0. The summed E-state index contributed by atoms with van der Waals surface area (Å²) < 4.78 is 5.67. The Kier molecular flexibility index (Phi) is 6.58. The predicted octanol–water partition coefficient (Wildman–Crippen LogP) is 3.81. The average Bonchev–Trinajstić information content (AvgIpc) is 2.33. The van der Waals surface area contributed by atoms with Crippen molar-refractivity contribution in [2.45, 2.75) is 32.1 Å². The van der Waals surface area contributed by atoms with Crippen LogP contribution in [0.2, 0.25) is 0 Å². The Balaban J connectivity index is 2.10. The number of ether oxygens (including phenoxy) is 1. The maximum atomic E-state index is 5.67. The summed E-state index contributed by atoms with van der Waals surface area (Å²) in [6.07, 6.45) is 3.27. The summed E-state index contributed by atoms with van der Waals surface area (Å²) in [6, 6.07) is 8.24. The Bertz CT molecular complexity index is 329. The van der Waals surface area contributed by atoms with E-state index in [4.69, 9.17) is 4.74 Å². The second-order valence-electron chi connectivity index (χ2n) is 5.58. The number of thioether (sulfide) groups is 1. The molecule has 0 aliphatic carbocycles. The van der Waals surface area contributed by atoms with Gasteiger partial charge in [-0.25, -0.2) is 0 Å². The molecule has 0 bridgehead atoms. The van der Waals surface area contributed by atoms with Gasteiger partial charge < -0.3 is 10.1 Å². The van der Waals surface area contributed by atoms with Gasteiger partial charge >= 0.3 is 0 Å². The first-order valence-electron chi connectivity index (χ1n) is 6.49. The molecule has 0 fully saturated rings. The zero-order valence-corrected chi connectivity index (χ0v) is 12.8. The van der Waals surface area contributed by atoms with Crippen LogP contribution in [0.3, 0.4) is 0 Å².